The van der Waals surface area contributed by atoms with Crippen LogP contribution >= 0.6 is 0 Å². The van der Waals surface area contributed by atoms with Crippen LogP contribution in [-0.2, 0) is 19.8 Å². The maximum absolute atomic E-state index is 12.7. The number of carbonyl (C=O) groups excluding carboxylic acids is 1. The van der Waals surface area contributed by atoms with E-state index in [-0.39, 0.29) is 6.42 Å². The fourth-order valence-corrected chi connectivity index (χ4v) is 3.32. The summed E-state index contributed by atoms with van der Waals surface area (Å²) in [5, 5.41) is 3.12. The summed E-state index contributed by atoms with van der Waals surface area (Å²) >= 11 is 0. The van der Waals surface area contributed by atoms with Crippen molar-refractivity contribution in [1.29, 1.82) is 0 Å². The Hall–Kier alpha value is -0.690. The van der Waals surface area contributed by atoms with Crippen molar-refractivity contribution in [3.05, 3.63) is 0 Å². The van der Waals surface area contributed by atoms with Crippen molar-refractivity contribution < 1.29 is 21.8 Å². The smallest absolute Gasteiger partial charge is 0.306 e. The molecule has 0 aromatic carbocycles. The van der Waals surface area contributed by atoms with Gasteiger partial charge in [-0.15, -0.1) is 3.89 Å². The zero-order valence-corrected chi connectivity index (χ0v) is 9.56. The molecular formula is C9H14FNO4S. The molecule has 7 heteroatoms. The van der Waals surface area contributed by atoms with E-state index in [1.54, 1.807) is 0 Å². The van der Waals surface area contributed by atoms with Crippen molar-refractivity contribution in [3.8, 4) is 0 Å². The van der Waals surface area contributed by atoms with Crippen molar-refractivity contribution in [3.63, 3.8) is 0 Å². The van der Waals surface area contributed by atoms with E-state index in [9.17, 15) is 17.1 Å². The quantitative estimate of drug-likeness (QED) is 0.551. The largest absolute Gasteiger partial charge is 0.461 e. The number of rotatable bonds is 2. The van der Waals surface area contributed by atoms with Crippen LogP contribution in [0.1, 0.15) is 19.3 Å². The second-order valence-electron chi connectivity index (χ2n) is 4.47. The van der Waals surface area contributed by atoms with Crippen LogP contribution in [-0.4, -0.2) is 39.3 Å². The maximum Gasteiger partial charge on any atom is 0.306 e. The Morgan fingerprint density at radius 3 is 2.62 bits per heavy atom. The van der Waals surface area contributed by atoms with Gasteiger partial charge in [-0.25, -0.2) is 0 Å². The summed E-state index contributed by atoms with van der Waals surface area (Å²) in [5.41, 5.74) is -0.485. The van der Waals surface area contributed by atoms with Crippen LogP contribution in [0.5, 0.6) is 0 Å². The first-order valence-corrected chi connectivity index (χ1v) is 6.79. The average Bonchev–Trinajstić information content (AvgIpc) is 2.41. The zero-order valence-electron chi connectivity index (χ0n) is 8.74. The molecule has 5 nitrogen and oxygen atoms in total. The van der Waals surface area contributed by atoms with Gasteiger partial charge in [-0.05, 0) is 25.9 Å². The second-order valence-corrected chi connectivity index (χ2v) is 5.88. The number of cyclic esters (lactones) is 1. The first-order chi connectivity index (χ1) is 7.41. The lowest BCUT2D eigenvalue weighted by molar-refractivity contribution is -0.141. The number of hydrogen-bond donors (Lipinski definition) is 1. The van der Waals surface area contributed by atoms with E-state index >= 15 is 0 Å². The number of piperidine rings is 1. The van der Waals surface area contributed by atoms with Gasteiger partial charge in [-0.3, -0.25) is 4.79 Å². The average molecular weight is 251 g/mol. The molecule has 2 aliphatic rings. The van der Waals surface area contributed by atoms with Gasteiger partial charge < -0.3 is 10.1 Å². The highest BCUT2D eigenvalue weighted by molar-refractivity contribution is 7.86. The number of hydrogen-bond acceptors (Lipinski definition) is 5. The van der Waals surface area contributed by atoms with Gasteiger partial charge >= 0.3 is 16.2 Å². The minimum absolute atomic E-state index is 0.203. The van der Waals surface area contributed by atoms with E-state index in [4.69, 9.17) is 4.74 Å². The Morgan fingerprint density at radius 1 is 1.44 bits per heavy atom. The van der Waals surface area contributed by atoms with Crippen LogP contribution in [0.15, 0.2) is 0 Å². The summed E-state index contributed by atoms with van der Waals surface area (Å²) < 4.78 is 38.9. The van der Waals surface area contributed by atoms with Gasteiger partial charge in [-0.1, -0.05) is 0 Å². The second kappa shape index (κ2) is 3.96. The summed E-state index contributed by atoms with van der Waals surface area (Å²) in [6.07, 6.45) is 0.685. The SMILES string of the molecule is O=C1CC2(CCNCC2)C(CS(=O)(=O)F)O1. The summed E-state index contributed by atoms with van der Waals surface area (Å²) in [6, 6.07) is 0. The molecule has 0 aliphatic carbocycles. The van der Waals surface area contributed by atoms with Gasteiger partial charge in [-0.2, -0.15) is 8.42 Å². The van der Waals surface area contributed by atoms with Crippen LogP contribution in [0.2, 0.25) is 0 Å². The molecule has 0 aromatic rings. The summed E-state index contributed by atoms with van der Waals surface area (Å²) in [7, 11) is -4.60. The summed E-state index contributed by atoms with van der Waals surface area (Å²) in [5.74, 6) is -1.13. The summed E-state index contributed by atoms with van der Waals surface area (Å²) in [6.45, 7) is 1.42. The molecule has 2 rings (SSSR count). The molecule has 0 aromatic heterocycles. The molecule has 1 unspecified atom stereocenters. The van der Waals surface area contributed by atoms with Gasteiger partial charge in [0.1, 0.15) is 11.9 Å². The van der Waals surface area contributed by atoms with E-state index in [2.05, 4.69) is 5.32 Å². The molecule has 2 aliphatic heterocycles. The van der Waals surface area contributed by atoms with Crippen molar-refractivity contribution in [2.24, 2.45) is 5.41 Å². The molecule has 0 bridgehead atoms. The lowest BCUT2D eigenvalue weighted by Crippen LogP contribution is -2.44. The Morgan fingerprint density at radius 2 is 2.06 bits per heavy atom. The number of esters is 1. The number of halogens is 1. The van der Waals surface area contributed by atoms with Crippen molar-refractivity contribution in [1.82, 2.24) is 5.32 Å². The Kier molecular flexibility index (Phi) is 2.91. The molecular weight excluding hydrogens is 237 g/mol. The molecule has 1 atom stereocenters. The number of carbonyl (C=O) groups is 1. The minimum atomic E-state index is -4.60. The Bertz CT molecular complexity index is 388. The predicted octanol–water partition coefficient (Wildman–Crippen LogP) is -0.0290. The van der Waals surface area contributed by atoms with Crippen molar-refractivity contribution in [2.45, 2.75) is 25.4 Å². The third-order valence-electron chi connectivity index (χ3n) is 3.40. The van der Waals surface area contributed by atoms with E-state index in [1.165, 1.54) is 0 Å². The van der Waals surface area contributed by atoms with E-state index < -0.39 is 33.5 Å². The molecule has 2 fully saturated rings. The predicted molar refractivity (Wildman–Crippen MR) is 53.9 cm³/mol. The molecule has 0 saturated carbocycles. The van der Waals surface area contributed by atoms with Gasteiger partial charge in [0.2, 0.25) is 0 Å². The van der Waals surface area contributed by atoms with Crippen LogP contribution in [0.3, 0.4) is 0 Å². The fourth-order valence-electron chi connectivity index (χ4n) is 2.54. The molecule has 1 N–H and O–H groups in total. The highest BCUT2D eigenvalue weighted by Gasteiger charge is 2.50. The number of ether oxygens (including phenoxy) is 1. The fraction of sp³-hybridized carbons (Fsp3) is 0.889. The normalized spacial score (nSPS) is 29.3. The lowest BCUT2D eigenvalue weighted by Gasteiger charge is -2.35. The van der Waals surface area contributed by atoms with Gasteiger partial charge in [0.15, 0.2) is 0 Å². The maximum atomic E-state index is 12.7. The summed E-state index contributed by atoms with van der Waals surface area (Å²) in [4.78, 5) is 11.3. The minimum Gasteiger partial charge on any atom is -0.461 e. The third kappa shape index (κ3) is 2.35. The van der Waals surface area contributed by atoms with Crippen LogP contribution < -0.4 is 5.32 Å². The lowest BCUT2D eigenvalue weighted by atomic mass is 9.74. The Labute approximate surface area is 93.6 Å². The van der Waals surface area contributed by atoms with Crippen LogP contribution in [0.25, 0.3) is 0 Å². The standard InChI is InChI=1S/C9H14FNO4S/c10-16(13,14)6-7-9(5-8(12)15-7)1-3-11-4-2-9/h7,11H,1-6H2. The molecule has 2 heterocycles. The highest BCUT2D eigenvalue weighted by atomic mass is 32.3. The molecule has 1 spiro atoms. The highest BCUT2D eigenvalue weighted by Crippen LogP contribution is 2.43. The zero-order chi connectivity index (χ0) is 11.8. The molecule has 0 radical (unpaired) electrons. The van der Waals surface area contributed by atoms with Crippen molar-refractivity contribution in [2.75, 3.05) is 18.8 Å². The third-order valence-corrected chi connectivity index (χ3v) is 4.10. The molecule has 2 saturated heterocycles. The first kappa shape index (κ1) is 11.8. The topological polar surface area (TPSA) is 72.5 Å². The van der Waals surface area contributed by atoms with Gasteiger partial charge in [0.25, 0.3) is 0 Å². The van der Waals surface area contributed by atoms with Gasteiger partial charge in [0, 0.05) is 5.41 Å². The van der Waals surface area contributed by atoms with E-state index in [0.717, 1.165) is 0 Å². The van der Waals surface area contributed by atoms with Crippen molar-refractivity contribution >= 4 is 16.2 Å². The molecule has 0 amide bonds. The van der Waals surface area contributed by atoms with E-state index in [0.29, 0.717) is 25.9 Å². The van der Waals surface area contributed by atoms with Gasteiger partial charge in [0.05, 0.1) is 6.42 Å². The monoisotopic (exact) mass is 251 g/mol. The van der Waals surface area contributed by atoms with Crippen LogP contribution in [0, 0.1) is 5.41 Å². The van der Waals surface area contributed by atoms with Crippen LogP contribution in [0.4, 0.5) is 3.89 Å². The Balaban J connectivity index is 2.18. The molecule has 16 heavy (non-hydrogen) atoms. The number of nitrogens with one attached hydrogen (secondary N) is 1. The molecule has 92 valence electrons. The first-order valence-electron chi connectivity index (χ1n) is 5.24. The van der Waals surface area contributed by atoms with E-state index in [1.807, 2.05) is 0 Å².